The first-order valence-corrected chi connectivity index (χ1v) is 10.3. The van der Waals surface area contributed by atoms with Crippen LogP contribution in [-0.4, -0.2) is 34.7 Å². The SMILES string of the molecule is CC1CCCN(C2=C(c3ccccc3)C(=O)N(Cc3cccc(C(F)(F)F)c3)C2=O)C1. The van der Waals surface area contributed by atoms with Crippen molar-refractivity contribution in [3.63, 3.8) is 0 Å². The van der Waals surface area contributed by atoms with Gasteiger partial charge in [0.25, 0.3) is 11.8 Å². The Morgan fingerprint density at radius 1 is 1.00 bits per heavy atom. The summed E-state index contributed by atoms with van der Waals surface area (Å²) in [5, 5.41) is 0. The third-order valence-electron chi connectivity index (χ3n) is 5.77. The van der Waals surface area contributed by atoms with Crippen LogP contribution in [0.3, 0.4) is 0 Å². The molecule has 2 aliphatic heterocycles. The number of likely N-dealkylation sites (tertiary alicyclic amines) is 1. The molecule has 1 saturated heterocycles. The van der Waals surface area contributed by atoms with Crippen molar-refractivity contribution in [2.24, 2.45) is 5.92 Å². The minimum absolute atomic E-state index is 0.204. The monoisotopic (exact) mass is 428 g/mol. The Morgan fingerprint density at radius 3 is 2.42 bits per heavy atom. The van der Waals surface area contributed by atoms with Crippen LogP contribution in [0, 0.1) is 5.92 Å². The fourth-order valence-corrected chi connectivity index (χ4v) is 4.29. The van der Waals surface area contributed by atoms with Crippen molar-refractivity contribution in [3.05, 3.63) is 77.0 Å². The average Bonchev–Trinajstić information content (AvgIpc) is 2.99. The lowest BCUT2D eigenvalue weighted by atomic mass is 9.98. The fourth-order valence-electron chi connectivity index (χ4n) is 4.29. The Hall–Kier alpha value is -3.09. The highest BCUT2D eigenvalue weighted by atomic mass is 19.4. The molecule has 0 aromatic heterocycles. The maximum atomic E-state index is 13.4. The molecule has 2 heterocycles. The van der Waals surface area contributed by atoms with Crippen LogP contribution in [0.2, 0.25) is 0 Å². The van der Waals surface area contributed by atoms with E-state index in [1.807, 2.05) is 11.0 Å². The van der Waals surface area contributed by atoms with Gasteiger partial charge >= 0.3 is 6.18 Å². The second-order valence-electron chi connectivity index (χ2n) is 8.18. The Kier molecular flexibility index (Phi) is 5.60. The third-order valence-corrected chi connectivity index (χ3v) is 5.77. The molecule has 0 saturated carbocycles. The lowest BCUT2D eigenvalue weighted by Gasteiger charge is -2.33. The number of rotatable bonds is 4. The van der Waals surface area contributed by atoms with E-state index in [4.69, 9.17) is 0 Å². The summed E-state index contributed by atoms with van der Waals surface area (Å²) in [6.07, 6.45) is -2.51. The van der Waals surface area contributed by atoms with Crippen LogP contribution in [0.5, 0.6) is 0 Å². The van der Waals surface area contributed by atoms with Gasteiger partial charge in [-0.05, 0) is 42.0 Å². The van der Waals surface area contributed by atoms with Crippen LogP contribution in [0.1, 0.15) is 36.5 Å². The Bertz CT molecular complexity index is 1030. The van der Waals surface area contributed by atoms with Crippen LogP contribution < -0.4 is 0 Å². The number of alkyl halides is 3. The fraction of sp³-hybridized carbons (Fsp3) is 0.333. The molecular weight excluding hydrogens is 405 g/mol. The number of carbonyl (C=O) groups is 2. The molecule has 0 N–H and O–H groups in total. The molecule has 0 spiro atoms. The van der Waals surface area contributed by atoms with E-state index in [1.165, 1.54) is 12.1 Å². The van der Waals surface area contributed by atoms with E-state index in [0.29, 0.717) is 35.8 Å². The summed E-state index contributed by atoms with van der Waals surface area (Å²) in [5.41, 5.74) is 0.782. The molecule has 4 nitrogen and oxygen atoms in total. The molecule has 2 aromatic rings. The molecule has 2 amide bonds. The van der Waals surface area contributed by atoms with Crippen LogP contribution in [-0.2, 0) is 22.3 Å². The summed E-state index contributed by atoms with van der Waals surface area (Å²) < 4.78 is 39.3. The van der Waals surface area contributed by atoms with E-state index in [-0.39, 0.29) is 12.1 Å². The highest BCUT2D eigenvalue weighted by Crippen LogP contribution is 2.35. The molecule has 0 bridgehead atoms. The molecule has 1 atom stereocenters. The number of imide groups is 1. The van der Waals surface area contributed by atoms with Gasteiger partial charge in [0.05, 0.1) is 17.7 Å². The molecule has 162 valence electrons. The van der Waals surface area contributed by atoms with Gasteiger partial charge in [0.2, 0.25) is 0 Å². The van der Waals surface area contributed by atoms with Crippen LogP contribution >= 0.6 is 0 Å². The third kappa shape index (κ3) is 4.22. The van der Waals surface area contributed by atoms with E-state index < -0.39 is 23.6 Å². The number of hydrogen-bond acceptors (Lipinski definition) is 3. The van der Waals surface area contributed by atoms with Gasteiger partial charge in [0, 0.05) is 13.1 Å². The van der Waals surface area contributed by atoms with Crippen molar-refractivity contribution < 1.29 is 22.8 Å². The maximum Gasteiger partial charge on any atom is 0.416 e. The molecule has 0 radical (unpaired) electrons. The summed E-state index contributed by atoms with van der Waals surface area (Å²) in [6, 6.07) is 13.7. The molecule has 1 unspecified atom stereocenters. The summed E-state index contributed by atoms with van der Waals surface area (Å²) in [6.45, 7) is 3.25. The highest BCUT2D eigenvalue weighted by molar-refractivity contribution is 6.35. The number of piperidine rings is 1. The van der Waals surface area contributed by atoms with E-state index in [2.05, 4.69) is 6.92 Å². The first-order valence-electron chi connectivity index (χ1n) is 10.3. The number of halogens is 3. The number of amides is 2. The highest BCUT2D eigenvalue weighted by Gasteiger charge is 2.42. The number of benzene rings is 2. The van der Waals surface area contributed by atoms with E-state index in [0.717, 1.165) is 29.9 Å². The standard InChI is InChI=1S/C24H23F3N2O2/c1-16-7-6-12-28(14-16)21-20(18-9-3-2-4-10-18)22(30)29(23(21)31)15-17-8-5-11-19(13-17)24(25,26)27/h2-5,8-11,13,16H,6-7,12,14-15H2,1H3. The Labute approximate surface area is 179 Å². The van der Waals surface area contributed by atoms with Crippen LogP contribution in [0.25, 0.3) is 5.57 Å². The molecule has 2 aliphatic rings. The lowest BCUT2D eigenvalue weighted by Crippen LogP contribution is -2.39. The van der Waals surface area contributed by atoms with Gasteiger partial charge in [0.15, 0.2) is 0 Å². The van der Waals surface area contributed by atoms with Crippen molar-refractivity contribution in [2.45, 2.75) is 32.5 Å². The summed E-state index contributed by atoms with van der Waals surface area (Å²) in [5.74, 6) is -0.532. The quantitative estimate of drug-likeness (QED) is 0.662. The lowest BCUT2D eigenvalue weighted by molar-refractivity contribution is -0.138. The van der Waals surface area contributed by atoms with E-state index in [1.54, 1.807) is 24.3 Å². The van der Waals surface area contributed by atoms with E-state index in [9.17, 15) is 22.8 Å². The van der Waals surface area contributed by atoms with Crippen LogP contribution in [0.15, 0.2) is 60.3 Å². The zero-order valence-electron chi connectivity index (χ0n) is 17.2. The second-order valence-corrected chi connectivity index (χ2v) is 8.18. The Morgan fingerprint density at radius 2 is 1.74 bits per heavy atom. The van der Waals surface area contributed by atoms with Crippen molar-refractivity contribution in [1.82, 2.24) is 9.80 Å². The minimum atomic E-state index is -4.49. The predicted octanol–water partition coefficient (Wildman–Crippen LogP) is 4.72. The molecule has 7 heteroatoms. The maximum absolute atomic E-state index is 13.4. The van der Waals surface area contributed by atoms with Crippen LogP contribution in [0.4, 0.5) is 13.2 Å². The van der Waals surface area contributed by atoms with Gasteiger partial charge in [-0.15, -0.1) is 0 Å². The second kappa shape index (κ2) is 8.21. The summed E-state index contributed by atoms with van der Waals surface area (Å²) in [7, 11) is 0. The summed E-state index contributed by atoms with van der Waals surface area (Å²) >= 11 is 0. The molecule has 31 heavy (non-hydrogen) atoms. The molecular formula is C24H23F3N2O2. The number of nitrogens with zero attached hydrogens (tertiary/aromatic N) is 2. The van der Waals surface area contributed by atoms with Crippen molar-refractivity contribution in [1.29, 1.82) is 0 Å². The zero-order valence-corrected chi connectivity index (χ0v) is 17.2. The van der Waals surface area contributed by atoms with Gasteiger partial charge < -0.3 is 4.90 Å². The number of hydrogen-bond donors (Lipinski definition) is 0. The topological polar surface area (TPSA) is 40.6 Å². The van der Waals surface area contributed by atoms with Gasteiger partial charge in [-0.25, -0.2) is 0 Å². The molecule has 0 aliphatic carbocycles. The molecule has 4 rings (SSSR count). The van der Waals surface area contributed by atoms with Gasteiger partial charge in [-0.3, -0.25) is 14.5 Å². The first-order chi connectivity index (χ1) is 14.8. The first kappa shape index (κ1) is 21.2. The zero-order chi connectivity index (χ0) is 22.2. The molecule has 1 fully saturated rings. The summed E-state index contributed by atoms with van der Waals surface area (Å²) in [4.78, 5) is 29.7. The average molecular weight is 428 g/mol. The van der Waals surface area contributed by atoms with E-state index >= 15 is 0 Å². The van der Waals surface area contributed by atoms with Gasteiger partial charge in [0.1, 0.15) is 5.70 Å². The largest absolute Gasteiger partial charge is 0.416 e. The minimum Gasteiger partial charge on any atom is -0.366 e. The molecule has 2 aromatic carbocycles. The smallest absolute Gasteiger partial charge is 0.366 e. The van der Waals surface area contributed by atoms with Crippen molar-refractivity contribution in [2.75, 3.05) is 13.1 Å². The number of carbonyl (C=O) groups excluding carboxylic acids is 2. The normalized spacial score (nSPS) is 20.1. The Balaban J connectivity index is 1.70. The van der Waals surface area contributed by atoms with Gasteiger partial charge in [-0.2, -0.15) is 13.2 Å². The van der Waals surface area contributed by atoms with Crippen molar-refractivity contribution >= 4 is 17.4 Å². The predicted molar refractivity (Wildman–Crippen MR) is 110 cm³/mol. The van der Waals surface area contributed by atoms with Gasteiger partial charge in [-0.1, -0.05) is 49.4 Å². The van der Waals surface area contributed by atoms with Crippen molar-refractivity contribution in [3.8, 4) is 0 Å².